The van der Waals surface area contributed by atoms with Crippen molar-refractivity contribution in [1.82, 2.24) is 5.32 Å². The average molecular weight is 316 g/mol. The molecule has 0 amide bonds. The molecule has 1 aromatic carbocycles. The van der Waals surface area contributed by atoms with Crippen LogP contribution in [0.3, 0.4) is 0 Å². The fraction of sp³-hybridized carbons (Fsp3) is 0.600. The topological polar surface area (TPSA) is 12.0 Å². The van der Waals surface area contributed by atoms with Crippen molar-refractivity contribution in [2.75, 3.05) is 0 Å². The van der Waals surface area contributed by atoms with Gasteiger partial charge in [0.2, 0.25) is 0 Å². The summed E-state index contributed by atoms with van der Waals surface area (Å²) in [7, 11) is 0. The highest BCUT2D eigenvalue weighted by Crippen LogP contribution is 2.18. The second-order valence-corrected chi connectivity index (χ2v) is 6.20. The van der Waals surface area contributed by atoms with Gasteiger partial charge in [-0.1, -0.05) is 42.6 Å². The summed E-state index contributed by atoms with van der Waals surface area (Å²) < 4.78 is 14.1. The first-order chi connectivity index (χ1) is 8.49. The molecule has 0 aliphatic rings. The van der Waals surface area contributed by atoms with Crippen LogP contribution in [0.5, 0.6) is 0 Å². The minimum Gasteiger partial charge on any atom is -0.310 e. The van der Waals surface area contributed by atoms with Gasteiger partial charge in [-0.15, -0.1) is 0 Å². The van der Waals surface area contributed by atoms with E-state index in [9.17, 15) is 4.39 Å². The number of rotatable bonds is 7. The molecule has 18 heavy (non-hydrogen) atoms. The molecule has 3 heteroatoms. The quantitative estimate of drug-likeness (QED) is 0.755. The van der Waals surface area contributed by atoms with Crippen molar-refractivity contribution in [3.8, 4) is 0 Å². The van der Waals surface area contributed by atoms with E-state index in [1.54, 1.807) is 12.1 Å². The molecule has 0 heterocycles. The second kappa shape index (κ2) is 7.90. The van der Waals surface area contributed by atoms with Crippen molar-refractivity contribution in [2.24, 2.45) is 5.92 Å². The molecule has 0 saturated carbocycles. The molecule has 0 bridgehead atoms. The van der Waals surface area contributed by atoms with Crippen LogP contribution in [-0.4, -0.2) is 6.04 Å². The van der Waals surface area contributed by atoms with E-state index in [0.29, 0.717) is 12.6 Å². The van der Waals surface area contributed by atoms with Gasteiger partial charge in [-0.25, -0.2) is 4.39 Å². The lowest BCUT2D eigenvalue weighted by molar-refractivity contribution is 0.456. The standard InChI is InChI=1S/C15H23BrFN/c1-11(2)5-4-6-12(3)18-10-13-9-14(17)7-8-15(13)16/h7-9,11-12,18H,4-6,10H2,1-3H3. The summed E-state index contributed by atoms with van der Waals surface area (Å²) in [5.41, 5.74) is 0.978. The summed E-state index contributed by atoms with van der Waals surface area (Å²) >= 11 is 3.45. The van der Waals surface area contributed by atoms with Gasteiger partial charge in [-0.3, -0.25) is 0 Å². The third-order valence-corrected chi connectivity index (χ3v) is 3.84. The first kappa shape index (κ1) is 15.6. The fourth-order valence-corrected chi connectivity index (χ4v) is 2.28. The molecule has 0 saturated heterocycles. The van der Waals surface area contributed by atoms with Gasteiger partial charge < -0.3 is 5.32 Å². The Morgan fingerprint density at radius 3 is 2.61 bits per heavy atom. The van der Waals surface area contributed by atoms with Crippen LogP contribution >= 0.6 is 15.9 Å². The van der Waals surface area contributed by atoms with Crippen LogP contribution in [0, 0.1) is 11.7 Å². The molecule has 1 rings (SSSR count). The van der Waals surface area contributed by atoms with Gasteiger partial charge in [0.25, 0.3) is 0 Å². The Kier molecular flexibility index (Phi) is 6.87. The van der Waals surface area contributed by atoms with Gasteiger partial charge in [-0.2, -0.15) is 0 Å². The van der Waals surface area contributed by atoms with E-state index in [1.807, 2.05) is 0 Å². The van der Waals surface area contributed by atoms with E-state index >= 15 is 0 Å². The Labute approximate surface area is 118 Å². The monoisotopic (exact) mass is 315 g/mol. The smallest absolute Gasteiger partial charge is 0.123 e. The molecule has 0 radical (unpaired) electrons. The summed E-state index contributed by atoms with van der Waals surface area (Å²) in [5.74, 6) is 0.594. The van der Waals surface area contributed by atoms with Crippen LogP contribution in [0.15, 0.2) is 22.7 Å². The molecule has 0 aromatic heterocycles. The first-order valence-corrected chi connectivity index (χ1v) is 7.45. The van der Waals surface area contributed by atoms with Crippen LogP contribution in [0.2, 0.25) is 0 Å². The molecule has 1 atom stereocenters. The third kappa shape index (κ3) is 5.96. The predicted molar refractivity (Wildman–Crippen MR) is 79.1 cm³/mol. The average Bonchev–Trinajstić information content (AvgIpc) is 2.30. The molecular formula is C15H23BrFN. The molecular weight excluding hydrogens is 293 g/mol. The summed E-state index contributed by atoms with van der Waals surface area (Å²) in [5, 5.41) is 3.44. The summed E-state index contributed by atoms with van der Waals surface area (Å²) in [4.78, 5) is 0. The van der Waals surface area contributed by atoms with Gasteiger partial charge in [0.15, 0.2) is 0 Å². The molecule has 1 unspecified atom stereocenters. The zero-order chi connectivity index (χ0) is 13.5. The Hall–Kier alpha value is -0.410. The number of nitrogens with one attached hydrogen (secondary N) is 1. The minimum atomic E-state index is -0.178. The van der Waals surface area contributed by atoms with Crippen LogP contribution in [0.4, 0.5) is 4.39 Å². The summed E-state index contributed by atoms with van der Waals surface area (Å²) in [6.45, 7) is 7.40. The maximum atomic E-state index is 13.1. The van der Waals surface area contributed by atoms with Gasteiger partial charge in [-0.05, 0) is 43.0 Å². The molecule has 0 aliphatic heterocycles. The van der Waals surface area contributed by atoms with Crippen molar-refractivity contribution in [3.63, 3.8) is 0 Å². The molecule has 0 spiro atoms. The molecule has 102 valence electrons. The van der Waals surface area contributed by atoms with Gasteiger partial charge >= 0.3 is 0 Å². The Balaban J connectivity index is 2.33. The van der Waals surface area contributed by atoms with Crippen molar-refractivity contribution in [1.29, 1.82) is 0 Å². The van der Waals surface area contributed by atoms with Crippen molar-refractivity contribution in [2.45, 2.75) is 52.6 Å². The molecule has 1 nitrogen and oxygen atoms in total. The van der Waals surface area contributed by atoms with Crippen molar-refractivity contribution < 1.29 is 4.39 Å². The van der Waals surface area contributed by atoms with Gasteiger partial charge in [0.05, 0.1) is 0 Å². The highest BCUT2D eigenvalue weighted by Gasteiger charge is 2.05. The normalized spacial score (nSPS) is 13.0. The lowest BCUT2D eigenvalue weighted by Gasteiger charge is -2.15. The Morgan fingerprint density at radius 2 is 1.94 bits per heavy atom. The van der Waals surface area contributed by atoms with Crippen LogP contribution in [0.25, 0.3) is 0 Å². The second-order valence-electron chi connectivity index (χ2n) is 5.34. The number of hydrogen-bond acceptors (Lipinski definition) is 1. The van der Waals surface area contributed by atoms with E-state index in [0.717, 1.165) is 16.0 Å². The van der Waals surface area contributed by atoms with Crippen LogP contribution in [-0.2, 0) is 6.54 Å². The molecule has 0 aliphatic carbocycles. The van der Waals surface area contributed by atoms with Crippen LogP contribution in [0.1, 0.15) is 45.6 Å². The molecule has 1 N–H and O–H groups in total. The minimum absolute atomic E-state index is 0.178. The largest absolute Gasteiger partial charge is 0.310 e. The Morgan fingerprint density at radius 1 is 1.22 bits per heavy atom. The first-order valence-electron chi connectivity index (χ1n) is 6.66. The summed E-state index contributed by atoms with van der Waals surface area (Å²) in [6, 6.07) is 5.28. The highest BCUT2D eigenvalue weighted by atomic mass is 79.9. The zero-order valence-electron chi connectivity index (χ0n) is 11.5. The SMILES string of the molecule is CC(C)CCCC(C)NCc1cc(F)ccc1Br. The van der Waals surface area contributed by atoms with Gasteiger partial charge in [0, 0.05) is 17.1 Å². The maximum absolute atomic E-state index is 13.1. The van der Waals surface area contributed by atoms with E-state index < -0.39 is 0 Å². The highest BCUT2D eigenvalue weighted by molar-refractivity contribution is 9.10. The number of halogens is 2. The van der Waals surface area contributed by atoms with E-state index in [1.165, 1.54) is 25.3 Å². The molecule has 1 aromatic rings. The molecule has 0 fully saturated rings. The van der Waals surface area contributed by atoms with E-state index in [2.05, 4.69) is 42.0 Å². The van der Waals surface area contributed by atoms with E-state index in [-0.39, 0.29) is 5.82 Å². The zero-order valence-corrected chi connectivity index (χ0v) is 13.1. The van der Waals surface area contributed by atoms with Gasteiger partial charge in [0.1, 0.15) is 5.82 Å². The fourth-order valence-electron chi connectivity index (χ4n) is 1.90. The number of benzene rings is 1. The van der Waals surface area contributed by atoms with Crippen molar-refractivity contribution >= 4 is 15.9 Å². The van der Waals surface area contributed by atoms with Crippen LogP contribution < -0.4 is 5.32 Å². The number of hydrogen-bond donors (Lipinski definition) is 1. The van der Waals surface area contributed by atoms with Crippen molar-refractivity contribution in [3.05, 3.63) is 34.1 Å². The Bertz CT molecular complexity index is 366. The third-order valence-electron chi connectivity index (χ3n) is 3.07. The maximum Gasteiger partial charge on any atom is 0.123 e. The predicted octanol–water partition coefficient (Wildman–Crippen LogP) is 4.89. The lowest BCUT2D eigenvalue weighted by Crippen LogP contribution is -2.25. The van der Waals surface area contributed by atoms with E-state index in [4.69, 9.17) is 0 Å². The summed E-state index contributed by atoms with van der Waals surface area (Å²) in [6.07, 6.45) is 3.69. The lowest BCUT2D eigenvalue weighted by atomic mass is 10.0.